The van der Waals surface area contributed by atoms with Crippen LogP contribution in [0.15, 0.2) is 24.3 Å². The molecule has 2 atom stereocenters. The van der Waals surface area contributed by atoms with Gasteiger partial charge in [-0.1, -0.05) is 6.08 Å². The van der Waals surface area contributed by atoms with Crippen molar-refractivity contribution in [3.8, 4) is 0 Å². The Balaban J connectivity index is 1.90. The first-order valence-corrected chi connectivity index (χ1v) is 8.44. The molecule has 0 aliphatic carbocycles. The first kappa shape index (κ1) is 15.9. The van der Waals surface area contributed by atoms with Crippen LogP contribution in [0.2, 0.25) is 0 Å². The van der Waals surface area contributed by atoms with Gasteiger partial charge in [-0.3, -0.25) is 4.90 Å². The third kappa shape index (κ3) is 2.93. The molecule has 2 heterocycles. The van der Waals surface area contributed by atoms with E-state index in [9.17, 15) is 14.0 Å². The number of ether oxygens (including phenoxy) is 1. The summed E-state index contributed by atoms with van der Waals surface area (Å²) in [5.41, 5.74) is 1.80. The Hall–Kier alpha value is -2.02. The van der Waals surface area contributed by atoms with E-state index in [0.29, 0.717) is 11.3 Å². The molecule has 1 saturated heterocycles. The lowest BCUT2D eigenvalue weighted by Crippen LogP contribution is -2.37. The van der Waals surface area contributed by atoms with Gasteiger partial charge >= 0.3 is 12.1 Å². The van der Waals surface area contributed by atoms with Gasteiger partial charge in [0.1, 0.15) is 5.82 Å². The molecule has 1 N–H and O–H groups in total. The topological polar surface area (TPSA) is 66.8 Å². The fourth-order valence-electron chi connectivity index (χ4n) is 2.85. The molecule has 2 aliphatic heterocycles. The lowest BCUT2D eigenvalue weighted by Gasteiger charge is -2.20. The number of nitrogens with zero attached hydrogens (tertiary/aromatic N) is 1. The zero-order valence-corrected chi connectivity index (χ0v) is 13.3. The summed E-state index contributed by atoms with van der Waals surface area (Å²) in [6.45, 7) is 1.57. The molecule has 1 aromatic carbocycles. The molecule has 7 heteroatoms. The van der Waals surface area contributed by atoms with E-state index < -0.39 is 30.0 Å². The minimum Gasteiger partial charge on any atom is -0.478 e. The van der Waals surface area contributed by atoms with Gasteiger partial charge in [0.05, 0.1) is 11.7 Å². The number of hydrogen-bond acceptors (Lipinski definition) is 4. The summed E-state index contributed by atoms with van der Waals surface area (Å²) >= 11 is 1.80. The molecule has 122 valence electrons. The van der Waals surface area contributed by atoms with Gasteiger partial charge in [0.25, 0.3) is 0 Å². The third-order valence-electron chi connectivity index (χ3n) is 4.05. The monoisotopic (exact) mass is 337 g/mol. The number of anilines is 1. The highest BCUT2D eigenvalue weighted by Crippen LogP contribution is 2.32. The summed E-state index contributed by atoms with van der Waals surface area (Å²) in [6.07, 6.45) is 0.803. The van der Waals surface area contributed by atoms with Crippen molar-refractivity contribution < 1.29 is 23.8 Å². The van der Waals surface area contributed by atoms with Crippen LogP contribution in [0.25, 0.3) is 5.57 Å². The largest absolute Gasteiger partial charge is 0.478 e. The van der Waals surface area contributed by atoms with Gasteiger partial charge in [0.15, 0.2) is 0 Å². The molecule has 0 bridgehead atoms. The Morgan fingerprint density at radius 2 is 2.26 bits per heavy atom. The van der Waals surface area contributed by atoms with E-state index in [4.69, 9.17) is 9.84 Å². The smallest absolute Gasteiger partial charge is 0.415 e. The van der Waals surface area contributed by atoms with Crippen molar-refractivity contribution in [3.63, 3.8) is 0 Å². The van der Waals surface area contributed by atoms with E-state index in [1.807, 2.05) is 6.08 Å². The minimum atomic E-state index is -1.25. The SMILES string of the molecule is CC1[C@H](C(=O)O)OC(=O)N1c1ccc(C2=CCSCC2)c(F)c1. The Morgan fingerprint density at radius 1 is 1.48 bits per heavy atom. The van der Waals surface area contributed by atoms with Crippen LogP contribution in [-0.2, 0) is 9.53 Å². The molecule has 0 radical (unpaired) electrons. The van der Waals surface area contributed by atoms with E-state index >= 15 is 0 Å². The zero-order valence-electron chi connectivity index (χ0n) is 12.5. The van der Waals surface area contributed by atoms with Gasteiger partial charge < -0.3 is 9.84 Å². The number of hydrogen-bond donors (Lipinski definition) is 1. The van der Waals surface area contributed by atoms with Crippen LogP contribution >= 0.6 is 11.8 Å². The van der Waals surface area contributed by atoms with Crippen molar-refractivity contribution >= 4 is 35.1 Å². The van der Waals surface area contributed by atoms with Gasteiger partial charge in [-0.15, -0.1) is 0 Å². The first-order valence-electron chi connectivity index (χ1n) is 7.28. The average Bonchev–Trinajstić information content (AvgIpc) is 2.83. The number of carbonyl (C=O) groups is 2. The minimum absolute atomic E-state index is 0.304. The van der Waals surface area contributed by atoms with E-state index in [1.54, 1.807) is 30.8 Å². The number of amides is 1. The van der Waals surface area contributed by atoms with Crippen LogP contribution in [0, 0.1) is 5.82 Å². The van der Waals surface area contributed by atoms with Crippen molar-refractivity contribution in [1.82, 2.24) is 0 Å². The molecule has 5 nitrogen and oxygen atoms in total. The fraction of sp³-hybridized carbons (Fsp3) is 0.375. The maximum absolute atomic E-state index is 14.5. The molecular formula is C16H16FNO4S. The summed E-state index contributed by atoms with van der Waals surface area (Å²) in [5.74, 6) is 0.199. The van der Waals surface area contributed by atoms with Crippen LogP contribution in [0.1, 0.15) is 18.9 Å². The highest BCUT2D eigenvalue weighted by molar-refractivity contribution is 7.99. The van der Waals surface area contributed by atoms with Crippen LogP contribution < -0.4 is 4.90 Å². The second-order valence-electron chi connectivity index (χ2n) is 5.47. The number of cyclic esters (lactones) is 1. The molecular weight excluding hydrogens is 321 g/mol. The molecule has 1 unspecified atom stereocenters. The van der Waals surface area contributed by atoms with Crippen molar-refractivity contribution in [2.75, 3.05) is 16.4 Å². The number of carboxylic acids is 1. The van der Waals surface area contributed by atoms with Crippen LogP contribution in [-0.4, -0.2) is 40.8 Å². The lowest BCUT2D eigenvalue weighted by atomic mass is 10.0. The molecule has 0 saturated carbocycles. The number of aliphatic carboxylic acids is 1. The normalized spacial score (nSPS) is 24.3. The van der Waals surface area contributed by atoms with E-state index in [0.717, 1.165) is 23.5 Å². The zero-order chi connectivity index (χ0) is 16.6. The molecule has 3 rings (SSSR count). The van der Waals surface area contributed by atoms with Crippen LogP contribution in [0.3, 0.4) is 0 Å². The standard InChI is InChI=1S/C16H16FNO4S/c1-9-14(15(19)20)22-16(21)18(9)11-2-3-12(13(17)8-11)10-4-6-23-7-5-10/h2-4,8-9,14H,5-7H2,1H3,(H,19,20)/t9?,14-/m1/s1. The summed E-state index contributed by atoms with van der Waals surface area (Å²) in [5, 5.41) is 9.05. The molecule has 1 amide bonds. The van der Waals surface area contributed by atoms with Crippen LogP contribution in [0.4, 0.5) is 14.9 Å². The number of carbonyl (C=O) groups excluding carboxylic acids is 1. The van der Waals surface area contributed by atoms with Gasteiger partial charge in [0, 0.05) is 11.3 Å². The Kier molecular flexibility index (Phi) is 4.30. The summed E-state index contributed by atoms with van der Waals surface area (Å²) in [7, 11) is 0. The summed E-state index contributed by atoms with van der Waals surface area (Å²) in [4.78, 5) is 24.2. The predicted octanol–water partition coefficient (Wildman–Crippen LogP) is 3.14. The number of rotatable bonds is 3. The van der Waals surface area contributed by atoms with Crippen molar-refractivity contribution in [2.24, 2.45) is 0 Å². The Morgan fingerprint density at radius 3 is 2.83 bits per heavy atom. The fourth-order valence-corrected chi connectivity index (χ4v) is 3.70. The van der Waals surface area contributed by atoms with Gasteiger partial charge in [-0.25, -0.2) is 14.0 Å². The number of halogens is 1. The highest BCUT2D eigenvalue weighted by atomic mass is 32.2. The second-order valence-corrected chi connectivity index (χ2v) is 6.62. The molecule has 23 heavy (non-hydrogen) atoms. The summed E-state index contributed by atoms with van der Waals surface area (Å²) in [6, 6.07) is 3.83. The number of benzene rings is 1. The third-order valence-corrected chi connectivity index (χ3v) is 4.95. The van der Waals surface area contributed by atoms with Gasteiger partial charge in [0.2, 0.25) is 6.10 Å². The van der Waals surface area contributed by atoms with Gasteiger partial charge in [-0.05, 0) is 42.9 Å². The lowest BCUT2D eigenvalue weighted by molar-refractivity contribution is -0.145. The van der Waals surface area contributed by atoms with E-state index in [1.165, 1.54) is 11.0 Å². The number of thioether (sulfide) groups is 1. The summed E-state index contributed by atoms with van der Waals surface area (Å²) < 4.78 is 19.3. The molecule has 1 aromatic rings. The second kappa shape index (κ2) is 6.23. The highest BCUT2D eigenvalue weighted by Gasteiger charge is 2.44. The molecule has 0 spiro atoms. The maximum atomic E-state index is 14.5. The first-order chi connectivity index (χ1) is 11.0. The molecule has 0 aromatic heterocycles. The molecule has 1 fully saturated rings. The van der Waals surface area contributed by atoms with Crippen molar-refractivity contribution in [3.05, 3.63) is 35.7 Å². The van der Waals surface area contributed by atoms with Crippen molar-refractivity contribution in [1.29, 1.82) is 0 Å². The van der Waals surface area contributed by atoms with E-state index in [-0.39, 0.29) is 0 Å². The van der Waals surface area contributed by atoms with Crippen molar-refractivity contribution in [2.45, 2.75) is 25.5 Å². The quantitative estimate of drug-likeness (QED) is 0.918. The maximum Gasteiger partial charge on any atom is 0.415 e. The Bertz CT molecular complexity index is 691. The Labute approximate surface area is 137 Å². The van der Waals surface area contributed by atoms with Crippen LogP contribution in [0.5, 0.6) is 0 Å². The predicted molar refractivity (Wildman–Crippen MR) is 86.2 cm³/mol. The van der Waals surface area contributed by atoms with E-state index in [2.05, 4.69) is 0 Å². The number of allylic oxidation sites excluding steroid dienone is 1. The number of carboxylic acid groups (broad SMARTS) is 1. The molecule has 2 aliphatic rings. The average molecular weight is 337 g/mol. The van der Waals surface area contributed by atoms with Gasteiger partial charge in [-0.2, -0.15) is 11.8 Å².